The van der Waals surface area contributed by atoms with Crippen LogP contribution in [0.3, 0.4) is 0 Å². The predicted molar refractivity (Wildman–Crippen MR) is 138 cm³/mol. The number of likely N-dealkylation sites (N-methyl/N-ethyl adjacent to an activating group) is 1. The fraction of sp³-hybridized carbons (Fsp3) is 0.633. The topological polar surface area (TPSA) is 86.1 Å². The van der Waals surface area contributed by atoms with Gasteiger partial charge in [0.25, 0.3) is 0 Å². The van der Waals surface area contributed by atoms with Gasteiger partial charge < -0.3 is 25.0 Å². The number of hydrogen-bond donors (Lipinski definition) is 3. The Hall–Kier alpha value is -1.83. The summed E-state index contributed by atoms with van der Waals surface area (Å²) >= 11 is 0. The first kappa shape index (κ1) is 23.3. The van der Waals surface area contributed by atoms with Crippen molar-refractivity contribution in [2.45, 2.75) is 86.9 Å². The largest absolute Gasteiger partial charge is 0.390 e. The first-order valence-corrected chi connectivity index (χ1v) is 13.6. The van der Waals surface area contributed by atoms with E-state index in [1.54, 1.807) is 0 Å². The molecule has 9 atom stereocenters. The minimum atomic E-state index is -0.982. The van der Waals surface area contributed by atoms with Crippen molar-refractivity contribution in [3.8, 4) is 0 Å². The van der Waals surface area contributed by atoms with Crippen molar-refractivity contribution in [3.05, 3.63) is 48.2 Å². The highest BCUT2D eigenvalue weighted by Gasteiger charge is 2.76. The van der Waals surface area contributed by atoms with E-state index >= 15 is 0 Å². The van der Waals surface area contributed by atoms with E-state index in [4.69, 9.17) is 4.74 Å². The Bertz CT molecular complexity index is 1260. The molecule has 9 unspecified atom stereocenters. The Morgan fingerprint density at radius 1 is 1.03 bits per heavy atom. The second-order valence-electron chi connectivity index (χ2n) is 12.8. The number of aliphatic hydroxyl groups excluding tert-OH is 2. The van der Waals surface area contributed by atoms with Crippen molar-refractivity contribution >= 4 is 16.5 Å². The Morgan fingerprint density at radius 3 is 2.67 bits per heavy atom. The summed E-state index contributed by atoms with van der Waals surface area (Å²) in [6, 6.07) is 10.5. The number of ether oxygens (including phenoxy) is 1. The summed E-state index contributed by atoms with van der Waals surface area (Å²) in [6.45, 7) is 2.38. The molecule has 2 aliphatic heterocycles. The molecule has 2 aromatic rings. The fourth-order valence-corrected chi connectivity index (χ4v) is 9.30. The van der Waals surface area contributed by atoms with Crippen molar-refractivity contribution in [3.63, 3.8) is 0 Å². The van der Waals surface area contributed by atoms with Crippen LogP contribution in [0.15, 0.2) is 42.6 Å². The van der Waals surface area contributed by atoms with E-state index in [9.17, 15) is 15.3 Å². The van der Waals surface area contributed by atoms with Gasteiger partial charge in [0.2, 0.25) is 0 Å². The van der Waals surface area contributed by atoms with Crippen LogP contribution in [-0.2, 0) is 4.74 Å². The summed E-state index contributed by atoms with van der Waals surface area (Å²) in [5.74, 6) is -0.0547. The number of benzene rings is 1. The van der Waals surface area contributed by atoms with Gasteiger partial charge in [-0.2, -0.15) is 0 Å². The zero-order valence-electron chi connectivity index (χ0n) is 21.5. The summed E-state index contributed by atoms with van der Waals surface area (Å²) in [7, 11) is 3.93. The van der Waals surface area contributed by atoms with Crippen molar-refractivity contribution in [1.29, 1.82) is 0 Å². The molecule has 1 aromatic heterocycles. The van der Waals surface area contributed by atoms with E-state index in [1.165, 1.54) is 11.1 Å². The Kier molecular flexibility index (Phi) is 4.78. The maximum Gasteiger partial charge on any atom is 0.102 e. The molecule has 6 nitrogen and oxygen atoms in total. The van der Waals surface area contributed by atoms with Crippen molar-refractivity contribution in [2.24, 2.45) is 17.3 Å². The molecule has 2 spiro atoms. The molecular weight excluding hydrogens is 452 g/mol. The van der Waals surface area contributed by atoms with Gasteiger partial charge in [0.05, 0.1) is 28.9 Å². The van der Waals surface area contributed by atoms with Crippen molar-refractivity contribution < 1.29 is 20.1 Å². The molecule has 5 aliphatic rings. The molecule has 2 saturated carbocycles. The number of pyridine rings is 1. The van der Waals surface area contributed by atoms with Crippen LogP contribution in [0.1, 0.15) is 57.4 Å². The molecule has 3 heterocycles. The molecule has 3 aliphatic carbocycles. The number of allylic oxidation sites excluding steroid dienone is 2. The molecule has 6 heteroatoms. The lowest BCUT2D eigenvalue weighted by Crippen LogP contribution is -2.73. The van der Waals surface area contributed by atoms with Gasteiger partial charge >= 0.3 is 0 Å². The van der Waals surface area contributed by atoms with Crippen LogP contribution in [0.2, 0.25) is 0 Å². The van der Waals surface area contributed by atoms with Crippen LogP contribution < -0.4 is 0 Å². The number of nitrogens with zero attached hydrogens (tertiary/aromatic N) is 2. The lowest BCUT2D eigenvalue weighted by molar-refractivity contribution is -0.331. The summed E-state index contributed by atoms with van der Waals surface area (Å²) in [6.07, 6.45) is 7.79. The third kappa shape index (κ3) is 2.77. The summed E-state index contributed by atoms with van der Waals surface area (Å²) in [5.41, 5.74) is 1.44. The van der Waals surface area contributed by atoms with Crippen LogP contribution in [0.5, 0.6) is 0 Å². The molecular formula is C30H38N2O4. The number of hydrogen-bond acceptors (Lipinski definition) is 6. The summed E-state index contributed by atoms with van der Waals surface area (Å²) < 4.78 is 7.23. The van der Waals surface area contributed by atoms with Crippen LogP contribution >= 0.6 is 0 Å². The normalized spacial score (nSPS) is 47.4. The second-order valence-corrected chi connectivity index (χ2v) is 12.8. The highest BCUT2D eigenvalue weighted by atomic mass is 16.6. The minimum absolute atomic E-state index is 0.0891. The zero-order chi connectivity index (χ0) is 25.1. The highest BCUT2D eigenvalue weighted by Crippen LogP contribution is 2.71. The molecule has 2 saturated heterocycles. The zero-order valence-corrected chi connectivity index (χ0v) is 21.5. The van der Waals surface area contributed by atoms with E-state index in [2.05, 4.69) is 42.2 Å². The van der Waals surface area contributed by atoms with Gasteiger partial charge in [0.1, 0.15) is 5.60 Å². The molecule has 0 amide bonds. The first-order valence-electron chi connectivity index (χ1n) is 13.6. The van der Waals surface area contributed by atoms with E-state index in [0.717, 1.165) is 36.6 Å². The lowest BCUT2D eigenvalue weighted by Gasteiger charge is -2.65. The molecule has 0 radical (unpaired) electrons. The molecule has 192 valence electrons. The smallest absolute Gasteiger partial charge is 0.102 e. The van der Waals surface area contributed by atoms with Crippen molar-refractivity contribution in [1.82, 2.24) is 9.88 Å². The lowest BCUT2D eigenvalue weighted by atomic mass is 9.51. The monoisotopic (exact) mass is 490 g/mol. The molecule has 3 N–H and O–H groups in total. The Morgan fingerprint density at radius 2 is 1.86 bits per heavy atom. The van der Waals surface area contributed by atoms with E-state index in [-0.39, 0.29) is 23.3 Å². The van der Waals surface area contributed by atoms with Gasteiger partial charge in [-0.3, -0.25) is 4.98 Å². The van der Waals surface area contributed by atoms with Crippen LogP contribution in [-0.4, -0.2) is 74.4 Å². The first-order chi connectivity index (χ1) is 17.1. The van der Waals surface area contributed by atoms with Gasteiger partial charge in [-0.1, -0.05) is 25.1 Å². The average Bonchev–Trinajstić information content (AvgIpc) is 3.39. The number of aliphatic hydroxyl groups is 3. The van der Waals surface area contributed by atoms with Crippen molar-refractivity contribution in [2.75, 3.05) is 14.1 Å². The maximum atomic E-state index is 12.3. The van der Waals surface area contributed by atoms with Crippen LogP contribution in [0.4, 0.5) is 0 Å². The quantitative estimate of drug-likeness (QED) is 0.597. The molecule has 4 fully saturated rings. The summed E-state index contributed by atoms with van der Waals surface area (Å²) in [5, 5.41) is 35.6. The van der Waals surface area contributed by atoms with E-state index in [1.807, 2.05) is 31.3 Å². The fourth-order valence-electron chi connectivity index (χ4n) is 9.30. The third-order valence-electron chi connectivity index (χ3n) is 11.2. The van der Waals surface area contributed by atoms with Crippen LogP contribution in [0.25, 0.3) is 16.5 Å². The highest BCUT2D eigenvalue weighted by molar-refractivity contribution is 5.85. The maximum absolute atomic E-state index is 12.3. The predicted octanol–water partition coefficient (Wildman–Crippen LogP) is 3.53. The summed E-state index contributed by atoms with van der Waals surface area (Å²) in [4.78, 5) is 6.51. The van der Waals surface area contributed by atoms with Crippen LogP contribution in [0, 0.1) is 17.3 Å². The number of fused-ring (bicyclic) bond motifs is 2. The van der Waals surface area contributed by atoms with Gasteiger partial charge in [-0.25, -0.2) is 0 Å². The van der Waals surface area contributed by atoms with Gasteiger partial charge in [-0.15, -0.1) is 0 Å². The van der Waals surface area contributed by atoms with Gasteiger partial charge in [-0.05, 0) is 93.8 Å². The average molecular weight is 491 g/mol. The molecule has 1 aromatic carbocycles. The SMILES string of the molecule is CN(C)C1CC23CCC4(O2)C2CC=C(c5ccc6ncccc6c5)C2(C)CCC4(O)CC3C(O)C1O. The third-order valence-corrected chi connectivity index (χ3v) is 11.2. The molecule has 36 heavy (non-hydrogen) atoms. The Labute approximate surface area is 213 Å². The standard InChI is InChI=1S/C30H38N2O4/c1-27-10-12-29(35)16-21-25(33)26(34)23(32(2)3)17-28(21)11-13-30(29,36-28)24(27)9-7-20(27)18-6-8-22-19(15-18)5-4-14-31-22/h4-8,14-15,21,23-26,33-35H,9-13,16-17H2,1-3H3. The Balaban J connectivity index is 1.27. The van der Waals surface area contributed by atoms with Gasteiger partial charge in [0.15, 0.2) is 0 Å². The van der Waals surface area contributed by atoms with E-state index in [0.29, 0.717) is 19.3 Å². The number of rotatable bonds is 2. The molecule has 7 rings (SSSR count). The van der Waals surface area contributed by atoms with E-state index < -0.39 is 29.0 Å². The second kappa shape index (κ2) is 7.39. The molecule has 2 bridgehead atoms. The van der Waals surface area contributed by atoms with Gasteiger partial charge in [0, 0.05) is 29.5 Å². The minimum Gasteiger partial charge on any atom is -0.390 e. The number of aromatic nitrogens is 1.